The highest BCUT2D eigenvalue weighted by molar-refractivity contribution is 7.15. The minimum atomic E-state index is -0.343. The van der Waals surface area contributed by atoms with Crippen molar-refractivity contribution in [1.29, 1.82) is 0 Å². The van der Waals surface area contributed by atoms with E-state index in [1.807, 2.05) is 6.07 Å². The average Bonchev–Trinajstić information content (AvgIpc) is 3.40. The molecule has 1 aromatic heterocycles. The van der Waals surface area contributed by atoms with Gasteiger partial charge in [-0.3, -0.25) is 14.9 Å². The second-order valence-corrected chi connectivity index (χ2v) is 7.92. The number of hydrogen-bond acceptors (Lipinski definition) is 8. The summed E-state index contributed by atoms with van der Waals surface area (Å²) in [6, 6.07) is 3.60. The summed E-state index contributed by atoms with van der Waals surface area (Å²) < 4.78 is 16.2. The third kappa shape index (κ3) is 4.29. The molecule has 1 saturated heterocycles. The number of rotatable bonds is 6. The van der Waals surface area contributed by atoms with E-state index in [2.05, 4.69) is 15.5 Å². The van der Waals surface area contributed by atoms with Gasteiger partial charge >= 0.3 is 0 Å². The van der Waals surface area contributed by atoms with Gasteiger partial charge in [0.1, 0.15) is 17.7 Å². The fourth-order valence-corrected chi connectivity index (χ4v) is 4.25. The molecule has 1 N–H and O–H groups in total. The van der Waals surface area contributed by atoms with Crippen LogP contribution >= 0.6 is 11.3 Å². The number of amides is 2. The van der Waals surface area contributed by atoms with Gasteiger partial charge in [0.2, 0.25) is 16.9 Å². The molecule has 2 amide bonds. The first-order valence-corrected chi connectivity index (χ1v) is 10.4. The highest BCUT2D eigenvalue weighted by Crippen LogP contribution is 2.33. The van der Waals surface area contributed by atoms with Crippen molar-refractivity contribution in [2.45, 2.75) is 25.4 Å². The minimum absolute atomic E-state index is 0.0456. The third-order valence-electron chi connectivity index (χ3n) is 4.95. The van der Waals surface area contributed by atoms with E-state index in [1.165, 1.54) is 16.2 Å². The molecule has 0 spiro atoms. The van der Waals surface area contributed by atoms with Gasteiger partial charge in [-0.1, -0.05) is 11.3 Å². The van der Waals surface area contributed by atoms with Crippen molar-refractivity contribution < 1.29 is 23.8 Å². The van der Waals surface area contributed by atoms with Crippen LogP contribution in [0.2, 0.25) is 0 Å². The summed E-state index contributed by atoms with van der Waals surface area (Å²) in [6.07, 6.45) is 5.41. The predicted octanol–water partition coefficient (Wildman–Crippen LogP) is 2.40. The summed E-state index contributed by atoms with van der Waals surface area (Å²) >= 11 is 1.29. The molecule has 1 fully saturated rings. The molecule has 30 heavy (non-hydrogen) atoms. The molecule has 0 bridgehead atoms. The number of nitrogens with zero attached hydrogens (tertiary/aromatic N) is 3. The largest absolute Gasteiger partial charge is 0.493 e. The van der Waals surface area contributed by atoms with Crippen LogP contribution in [-0.2, 0) is 20.7 Å². The van der Waals surface area contributed by atoms with Crippen LogP contribution in [0.1, 0.15) is 35.1 Å². The van der Waals surface area contributed by atoms with Gasteiger partial charge in [0.05, 0.1) is 20.6 Å². The number of hydrogen-bond donors (Lipinski definition) is 1. The summed E-state index contributed by atoms with van der Waals surface area (Å²) in [4.78, 5) is 26.5. The van der Waals surface area contributed by atoms with Crippen molar-refractivity contribution in [3.63, 3.8) is 0 Å². The Morgan fingerprint density at radius 3 is 2.83 bits per heavy atom. The maximum Gasteiger partial charge on any atom is 0.246 e. The van der Waals surface area contributed by atoms with E-state index in [4.69, 9.17) is 14.2 Å². The van der Waals surface area contributed by atoms with Crippen LogP contribution in [0.3, 0.4) is 0 Å². The van der Waals surface area contributed by atoms with Crippen molar-refractivity contribution in [2.24, 2.45) is 0 Å². The number of benzene rings is 1. The van der Waals surface area contributed by atoms with Crippen molar-refractivity contribution in [3.05, 3.63) is 34.5 Å². The lowest BCUT2D eigenvalue weighted by Crippen LogP contribution is -2.34. The smallest absolute Gasteiger partial charge is 0.246 e. The van der Waals surface area contributed by atoms with E-state index in [0.717, 1.165) is 35.6 Å². The molecule has 158 valence electrons. The Morgan fingerprint density at radius 1 is 1.30 bits per heavy atom. The minimum Gasteiger partial charge on any atom is -0.493 e. The van der Waals surface area contributed by atoms with E-state index in [-0.39, 0.29) is 30.9 Å². The summed E-state index contributed by atoms with van der Waals surface area (Å²) in [5, 5.41) is 12.0. The van der Waals surface area contributed by atoms with E-state index in [0.29, 0.717) is 16.6 Å². The van der Waals surface area contributed by atoms with Crippen LogP contribution in [0.5, 0.6) is 11.5 Å². The fraction of sp³-hybridized carbons (Fsp3) is 0.400. The summed E-state index contributed by atoms with van der Waals surface area (Å²) in [6.45, 7) is 0.599. The lowest BCUT2D eigenvalue weighted by molar-refractivity contribution is -0.131. The Bertz CT molecular complexity index is 984. The zero-order chi connectivity index (χ0) is 21.1. The maximum absolute atomic E-state index is 12.7. The van der Waals surface area contributed by atoms with Crippen molar-refractivity contribution in [3.8, 4) is 11.5 Å². The maximum atomic E-state index is 12.7. The fourth-order valence-electron chi connectivity index (χ4n) is 3.40. The molecule has 9 nitrogen and oxygen atoms in total. The predicted molar refractivity (Wildman–Crippen MR) is 110 cm³/mol. The Morgan fingerprint density at radius 2 is 2.10 bits per heavy atom. The molecule has 3 heterocycles. The number of fused-ring (bicyclic) bond motifs is 1. The summed E-state index contributed by atoms with van der Waals surface area (Å²) in [5.74, 6) is 0.605. The number of nitrogens with one attached hydrogen (secondary N) is 1. The van der Waals surface area contributed by atoms with Gasteiger partial charge in [-0.15, -0.1) is 10.2 Å². The molecule has 2 aromatic rings. The van der Waals surface area contributed by atoms with Crippen molar-refractivity contribution >= 4 is 34.4 Å². The monoisotopic (exact) mass is 430 g/mol. The van der Waals surface area contributed by atoms with Gasteiger partial charge in [-0.25, -0.2) is 0 Å². The van der Waals surface area contributed by atoms with E-state index in [1.54, 1.807) is 32.6 Å². The number of ether oxygens (including phenoxy) is 3. The lowest BCUT2D eigenvalue weighted by Gasteiger charge is -2.16. The Kier molecular flexibility index (Phi) is 5.96. The van der Waals surface area contributed by atoms with E-state index in [9.17, 15) is 9.59 Å². The SMILES string of the molecule is COc1cc2c(cc1OC)CC(=O)N(CC(=O)Nc1nnc([C@H]3CCCO3)s1)C=C2. The lowest BCUT2D eigenvalue weighted by atomic mass is 10.0. The molecule has 1 aromatic carbocycles. The Hall–Kier alpha value is -2.98. The molecule has 4 rings (SSSR count). The van der Waals surface area contributed by atoms with Gasteiger partial charge in [-0.05, 0) is 42.2 Å². The first-order chi connectivity index (χ1) is 14.6. The Labute approximate surface area is 177 Å². The molecule has 10 heteroatoms. The molecule has 0 radical (unpaired) electrons. The number of carbonyl (C=O) groups excluding carboxylic acids is 2. The molecule has 0 saturated carbocycles. The van der Waals surface area contributed by atoms with Crippen LogP contribution < -0.4 is 14.8 Å². The van der Waals surface area contributed by atoms with E-state index < -0.39 is 0 Å². The molecule has 0 unspecified atom stereocenters. The van der Waals surface area contributed by atoms with Crippen molar-refractivity contribution in [1.82, 2.24) is 15.1 Å². The second kappa shape index (κ2) is 8.80. The van der Waals surface area contributed by atoms with Crippen LogP contribution in [0, 0.1) is 0 Å². The van der Waals surface area contributed by atoms with Gasteiger partial charge in [0.15, 0.2) is 11.5 Å². The van der Waals surface area contributed by atoms with Gasteiger partial charge < -0.3 is 19.1 Å². The van der Waals surface area contributed by atoms with Gasteiger partial charge in [-0.2, -0.15) is 0 Å². The molecule has 1 atom stereocenters. The molecular weight excluding hydrogens is 408 g/mol. The second-order valence-electron chi connectivity index (χ2n) is 6.92. The first-order valence-electron chi connectivity index (χ1n) is 9.55. The first kappa shape index (κ1) is 20.3. The van der Waals surface area contributed by atoms with Gasteiger partial charge in [0, 0.05) is 12.8 Å². The van der Waals surface area contributed by atoms with E-state index >= 15 is 0 Å². The summed E-state index contributed by atoms with van der Waals surface area (Å²) in [7, 11) is 3.11. The zero-order valence-electron chi connectivity index (χ0n) is 16.7. The number of anilines is 1. The van der Waals surface area contributed by atoms with Crippen LogP contribution in [0.25, 0.3) is 6.08 Å². The topological polar surface area (TPSA) is 103 Å². The van der Waals surface area contributed by atoms with Crippen LogP contribution in [0.4, 0.5) is 5.13 Å². The highest BCUT2D eigenvalue weighted by atomic mass is 32.1. The number of methoxy groups -OCH3 is 2. The summed E-state index contributed by atoms with van der Waals surface area (Å²) in [5.41, 5.74) is 1.65. The molecular formula is C20H22N4O5S. The molecule has 0 aliphatic carbocycles. The highest BCUT2D eigenvalue weighted by Gasteiger charge is 2.24. The van der Waals surface area contributed by atoms with Crippen molar-refractivity contribution in [2.75, 3.05) is 32.7 Å². The van der Waals surface area contributed by atoms with Crippen LogP contribution in [0.15, 0.2) is 18.3 Å². The number of carbonyl (C=O) groups is 2. The number of aromatic nitrogens is 2. The standard InChI is InChI=1S/C20H22N4O5S/c1-27-15-8-12-5-6-24(18(26)10-13(12)9-16(15)28-2)11-17(25)21-20-23-22-19(30-20)14-4-3-7-29-14/h5-6,8-9,14H,3-4,7,10-11H2,1-2H3,(H,21,23,25)/t14-/m1/s1. The quantitative estimate of drug-likeness (QED) is 0.751. The molecule has 2 aliphatic heterocycles. The van der Waals surface area contributed by atoms with Gasteiger partial charge in [0.25, 0.3) is 0 Å². The molecule has 2 aliphatic rings. The normalized spacial score (nSPS) is 18.1. The third-order valence-corrected chi connectivity index (χ3v) is 5.88. The van der Waals surface area contributed by atoms with Crippen LogP contribution in [-0.4, -0.2) is 54.3 Å². The zero-order valence-corrected chi connectivity index (χ0v) is 17.5. The Balaban J connectivity index is 1.42. The average molecular weight is 430 g/mol.